The first-order valence-corrected chi connectivity index (χ1v) is 12.0. The van der Waals surface area contributed by atoms with Crippen LogP contribution in [0.1, 0.15) is 42.5 Å². The van der Waals surface area contributed by atoms with E-state index >= 15 is 0 Å². The number of carbonyl (C=O) groups excluding carboxylic acids is 1. The van der Waals surface area contributed by atoms with Crippen molar-refractivity contribution in [3.8, 4) is 17.1 Å². The average Bonchev–Trinajstić information content (AvgIpc) is 3.40. The summed E-state index contributed by atoms with van der Waals surface area (Å²) in [5.74, 6) is 0.928. The molecule has 1 aromatic heterocycles. The lowest BCUT2D eigenvalue weighted by Gasteiger charge is -2.35. The van der Waals surface area contributed by atoms with Crippen LogP contribution in [0.3, 0.4) is 0 Å². The molecule has 3 aromatic carbocycles. The molecule has 1 aliphatic rings. The fraction of sp³-hybridized carbons (Fsp3) is 0.207. The fourth-order valence-electron chi connectivity index (χ4n) is 4.46. The highest BCUT2D eigenvalue weighted by Gasteiger charge is 2.36. The SMILES string of the molecule is CCc1ccc(C2NC(=O)N(c3ccc(C)c(F)c3)C(C)=C2c2nc(-c3cccc(OC)c3)no2)cc1. The molecule has 0 radical (unpaired) electrons. The predicted octanol–water partition coefficient (Wildman–Crippen LogP) is 6.46. The monoisotopic (exact) mass is 498 g/mol. The second-order valence-corrected chi connectivity index (χ2v) is 8.90. The minimum absolute atomic E-state index is 0.262. The van der Waals surface area contributed by atoms with E-state index in [1.165, 1.54) is 16.5 Å². The Kier molecular flexibility index (Phi) is 6.48. The van der Waals surface area contributed by atoms with Crippen molar-refractivity contribution in [1.29, 1.82) is 0 Å². The lowest BCUT2D eigenvalue weighted by atomic mass is 9.93. The van der Waals surface area contributed by atoms with Crippen molar-refractivity contribution in [2.45, 2.75) is 33.2 Å². The van der Waals surface area contributed by atoms with Crippen molar-refractivity contribution < 1.29 is 18.4 Å². The Bertz CT molecular complexity index is 1490. The zero-order valence-corrected chi connectivity index (χ0v) is 21.1. The number of urea groups is 1. The maximum atomic E-state index is 14.4. The Morgan fingerprint density at radius 1 is 1.08 bits per heavy atom. The summed E-state index contributed by atoms with van der Waals surface area (Å²) >= 11 is 0. The molecule has 37 heavy (non-hydrogen) atoms. The second kappa shape index (κ2) is 9.89. The van der Waals surface area contributed by atoms with Crippen molar-refractivity contribution >= 4 is 17.3 Å². The van der Waals surface area contributed by atoms with Crippen molar-refractivity contribution in [3.05, 3.63) is 101 Å². The largest absolute Gasteiger partial charge is 0.497 e. The van der Waals surface area contributed by atoms with Gasteiger partial charge in [-0.3, -0.25) is 4.90 Å². The number of ether oxygens (including phenoxy) is 1. The van der Waals surface area contributed by atoms with E-state index in [-0.39, 0.29) is 11.9 Å². The average molecular weight is 499 g/mol. The molecule has 1 N–H and O–H groups in total. The summed E-state index contributed by atoms with van der Waals surface area (Å²) in [6.07, 6.45) is 0.902. The summed E-state index contributed by atoms with van der Waals surface area (Å²) in [6.45, 7) is 5.57. The van der Waals surface area contributed by atoms with Crippen LogP contribution in [0.4, 0.5) is 14.9 Å². The zero-order chi connectivity index (χ0) is 26.1. The van der Waals surface area contributed by atoms with Gasteiger partial charge in [-0.1, -0.05) is 54.5 Å². The number of nitrogens with zero attached hydrogens (tertiary/aromatic N) is 3. The highest BCUT2D eigenvalue weighted by molar-refractivity contribution is 6.01. The van der Waals surface area contributed by atoms with E-state index in [0.717, 1.165) is 17.5 Å². The van der Waals surface area contributed by atoms with Gasteiger partial charge in [0, 0.05) is 11.3 Å². The van der Waals surface area contributed by atoms with Crippen LogP contribution >= 0.6 is 0 Å². The summed E-state index contributed by atoms with van der Waals surface area (Å²) in [6, 6.07) is 19.2. The van der Waals surface area contributed by atoms with Gasteiger partial charge in [-0.05, 0) is 61.2 Å². The Morgan fingerprint density at radius 2 is 1.86 bits per heavy atom. The summed E-state index contributed by atoms with van der Waals surface area (Å²) in [5, 5.41) is 7.26. The number of halogens is 1. The number of rotatable bonds is 6. The topological polar surface area (TPSA) is 80.5 Å². The van der Waals surface area contributed by atoms with Crippen LogP contribution in [0.25, 0.3) is 17.0 Å². The molecule has 188 valence electrons. The number of hydrogen-bond acceptors (Lipinski definition) is 5. The molecule has 1 aliphatic heterocycles. The smallest absolute Gasteiger partial charge is 0.327 e. The van der Waals surface area contributed by atoms with Crippen LogP contribution in [0, 0.1) is 12.7 Å². The third kappa shape index (κ3) is 4.58. The lowest BCUT2D eigenvalue weighted by molar-refractivity contribution is 0.244. The van der Waals surface area contributed by atoms with Crippen LogP contribution in [-0.2, 0) is 6.42 Å². The second-order valence-electron chi connectivity index (χ2n) is 8.90. The van der Waals surface area contributed by atoms with Crippen LogP contribution in [0.5, 0.6) is 5.75 Å². The molecule has 0 fully saturated rings. The van der Waals surface area contributed by atoms with Crippen molar-refractivity contribution in [1.82, 2.24) is 15.5 Å². The molecular formula is C29H27FN4O3. The highest BCUT2D eigenvalue weighted by Crippen LogP contribution is 2.39. The van der Waals surface area contributed by atoms with Crippen molar-refractivity contribution in [2.75, 3.05) is 12.0 Å². The van der Waals surface area contributed by atoms with Gasteiger partial charge in [-0.15, -0.1) is 0 Å². The molecule has 0 saturated carbocycles. The molecule has 0 spiro atoms. The van der Waals surface area contributed by atoms with Crippen molar-refractivity contribution in [3.63, 3.8) is 0 Å². The lowest BCUT2D eigenvalue weighted by Crippen LogP contribution is -2.46. The molecule has 0 bridgehead atoms. The van der Waals surface area contributed by atoms with Crippen LogP contribution in [0.2, 0.25) is 0 Å². The van der Waals surface area contributed by atoms with Crippen LogP contribution in [-0.4, -0.2) is 23.3 Å². The first-order valence-electron chi connectivity index (χ1n) is 12.0. The molecule has 0 saturated heterocycles. The van der Waals surface area contributed by atoms with Crippen molar-refractivity contribution in [2.24, 2.45) is 0 Å². The van der Waals surface area contributed by atoms with E-state index in [2.05, 4.69) is 22.4 Å². The number of hydrogen-bond donors (Lipinski definition) is 1. The quantitative estimate of drug-likeness (QED) is 0.330. The van der Waals surface area contributed by atoms with Gasteiger partial charge in [0.25, 0.3) is 5.89 Å². The zero-order valence-electron chi connectivity index (χ0n) is 21.1. The van der Waals surface area contributed by atoms with E-state index in [9.17, 15) is 9.18 Å². The van der Waals surface area contributed by atoms with E-state index in [1.807, 2.05) is 48.5 Å². The molecule has 1 atom stereocenters. The maximum Gasteiger partial charge on any atom is 0.327 e. The third-order valence-electron chi connectivity index (χ3n) is 6.60. The van der Waals surface area contributed by atoms with E-state index in [0.29, 0.717) is 34.1 Å². The molecule has 5 rings (SSSR count). The van der Waals surface area contributed by atoms with Gasteiger partial charge in [-0.25, -0.2) is 9.18 Å². The van der Waals surface area contributed by atoms with Gasteiger partial charge in [0.1, 0.15) is 11.6 Å². The number of aromatic nitrogens is 2. The Labute approximate surface area is 214 Å². The summed E-state index contributed by atoms with van der Waals surface area (Å²) in [5.41, 5.74) is 4.89. The van der Waals surface area contributed by atoms with Gasteiger partial charge < -0.3 is 14.6 Å². The Balaban J connectivity index is 1.64. The molecular weight excluding hydrogens is 471 g/mol. The number of aryl methyl sites for hydroxylation is 2. The standard InChI is InChI=1S/C29H27FN4O3/c1-5-19-10-12-20(13-11-19)26-25(28-32-27(33-37-28)21-7-6-8-23(15-21)36-4)18(3)34(29(35)31-26)22-14-9-17(2)24(30)16-22/h6-16,26H,5H2,1-4H3,(H,31,35). The number of allylic oxidation sites excluding steroid dienone is 1. The number of methoxy groups -OCH3 is 1. The number of benzene rings is 3. The van der Waals surface area contributed by atoms with Crippen LogP contribution in [0.15, 0.2) is 77.0 Å². The minimum Gasteiger partial charge on any atom is -0.497 e. The number of nitrogens with one attached hydrogen (secondary N) is 1. The summed E-state index contributed by atoms with van der Waals surface area (Å²) in [4.78, 5) is 19.5. The molecule has 4 aromatic rings. The van der Waals surface area contributed by atoms with E-state index < -0.39 is 11.9 Å². The number of carbonyl (C=O) groups is 1. The Morgan fingerprint density at radius 3 is 2.57 bits per heavy atom. The maximum absolute atomic E-state index is 14.4. The van der Waals surface area contributed by atoms with Gasteiger partial charge in [0.15, 0.2) is 0 Å². The van der Waals surface area contributed by atoms with E-state index in [1.54, 1.807) is 33.1 Å². The van der Waals surface area contributed by atoms with Gasteiger partial charge in [-0.2, -0.15) is 4.98 Å². The normalized spacial score (nSPS) is 15.6. The molecule has 7 nitrogen and oxygen atoms in total. The molecule has 2 amide bonds. The highest BCUT2D eigenvalue weighted by atomic mass is 19.1. The van der Waals surface area contributed by atoms with Gasteiger partial charge in [0.2, 0.25) is 5.82 Å². The predicted molar refractivity (Wildman–Crippen MR) is 140 cm³/mol. The van der Waals surface area contributed by atoms with Gasteiger partial charge in [0.05, 0.1) is 24.4 Å². The molecule has 0 aliphatic carbocycles. The molecule has 8 heteroatoms. The first-order chi connectivity index (χ1) is 17.9. The van der Waals surface area contributed by atoms with Crippen LogP contribution < -0.4 is 15.0 Å². The summed E-state index contributed by atoms with van der Waals surface area (Å²) in [7, 11) is 1.59. The minimum atomic E-state index is -0.538. The van der Waals surface area contributed by atoms with E-state index in [4.69, 9.17) is 9.26 Å². The number of amides is 2. The molecule has 2 heterocycles. The fourth-order valence-corrected chi connectivity index (χ4v) is 4.46. The van der Waals surface area contributed by atoms with Gasteiger partial charge >= 0.3 is 6.03 Å². The molecule has 1 unspecified atom stereocenters. The third-order valence-corrected chi connectivity index (χ3v) is 6.60. The Hall–Kier alpha value is -4.46. The number of anilines is 1. The summed E-state index contributed by atoms with van der Waals surface area (Å²) < 4.78 is 25.5. The first kappa shape index (κ1) is 24.2.